The number of carbonyl (C=O) groups is 1. The summed E-state index contributed by atoms with van der Waals surface area (Å²) in [4.78, 5) is 13.2. The zero-order chi connectivity index (χ0) is 11.4. The predicted molar refractivity (Wildman–Crippen MR) is 57.8 cm³/mol. The van der Waals surface area contributed by atoms with E-state index in [2.05, 4.69) is 11.8 Å². The molecular formula is C11H21NO3. The van der Waals surface area contributed by atoms with Crippen LogP contribution in [0.2, 0.25) is 0 Å². The Morgan fingerprint density at radius 1 is 1.60 bits per heavy atom. The molecule has 0 saturated carbocycles. The normalized spacial score (nSPS) is 29.3. The fraction of sp³-hybridized carbons (Fsp3) is 0.909. The van der Waals surface area contributed by atoms with E-state index in [-0.39, 0.29) is 11.8 Å². The van der Waals surface area contributed by atoms with Crippen LogP contribution in [-0.2, 0) is 9.53 Å². The van der Waals surface area contributed by atoms with Crippen LogP contribution in [-0.4, -0.2) is 48.8 Å². The van der Waals surface area contributed by atoms with Crippen molar-refractivity contribution < 1.29 is 14.6 Å². The molecule has 4 nitrogen and oxygen atoms in total. The number of nitrogens with zero attached hydrogens (tertiary/aromatic N) is 1. The van der Waals surface area contributed by atoms with Crippen LogP contribution in [0.15, 0.2) is 0 Å². The topological polar surface area (TPSA) is 49.8 Å². The van der Waals surface area contributed by atoms with E-state index >= 15 is 0 Å². The third kappa shape index (κ3) is 2.92. The fourth-order valence-electron chi connectivity index (χ4n) is 2.30. The quantitative estimate of drug-likeness (QED) is 0.745. The lowest BCUT2D eigenvalue weighted by atomic mass is 9.99. The van der Waals surface area contributed by atoms with E-state index in [1.807, 2.05) is 6.92 Å². The Morgan fingerprint density at radius 3 is 2.67 bits per heavy atom. The molecule has 0 aromatic rings. The van der Waals surface area contributed by atoms with Crippen molar-refractivity contribution in [1.82, 2.24) is 4.90 Å². The molecule has 0 radical (unpaired) electrons. The monoisotopic (exact) mass is 215 g/mol. The Balaban J connectivity index is 2.55. The minimum atomic E-state index is -0.669. The van der Waals surface area contributed by atoms with Gasteiger partial charge in [-0.3, -0.25) is 9.69 Å². The molecule has 0 amide bonds. The second-order valence-corrected chi connectivity index (χ2v) is 4.39. The molecule has 88 valence electrons. The number of ether oxygens (including phenoxy) is 1. The molecule has 0 spiro atoms. The van der Waals surface area contributed by atoms with Crippen molar-refractivity contribution in [3.05, 3.63) is 0 Å². The minimum absolute atomic E-state index is 0.212. The number of carboxylic acid groups (broad SMARTS) is 1. The van der Waals surface area contributed by atoms with Crippen LogP contribution in [0, 0.1) is 11.8 Å². The smallest absolute Gasteiger partial charge is 0.308 e. The maximum atomic E-state index is 11.0. The number of carboxylic acids is 1. The van der Waals surface area contributed by atoms with E-state index in [0.29, 0.717) is 19.2 Å². The number of rotatable bonds is 5. The first-order chi connectivity index (χ1) is 7.10. The van der Waals surface area contributed by atoms with Gasteiger partial charge in [0.2, 0.25) is 0 Å². The summed E-state index contributed by atoms with van der Waals surface area (Å²) in [5, 5.41) is 9.03. The number of hydrogen-bond acceptors (Lipinski definition) is 3. The van der Waals surface area contributed by atoms with Crippen LogP contribution in [0.4, 0.5) is 0 Å². The molecule has 1 aliphatic heterocycles. The summed E-state index contributed by atoms with van der Waals surface area (Å²) in [5.41, 5.74) is 0. The van der Waals surface area contributed by atoms with E-state index in [4.69, 9.17) is 9.84 Å². The molecule has 1 aliphatic rings. The van der Waals surface area contributed by atoms with E-state index < -0.39 is 5.97 Å². The minimum Gasteiger partial charge on any atom is -0.481 e. The van der Waals surface area contributed by atoms with Crippen LogP contribution < -0.4 is 0 Å². The molecule has 0 aromatic carbocycles. The maximum absolute atomic E-state index is 11.0. The first-order valence-electron chi connectivity index (χ1n) is 5.55. The summed E-state index contributed by atoms with van der Waals surface area (Å²) in [7, 11) is 1.69. The van der Waals surface area contributed by atoms with Gasteiger partial charge in [-0.05, 0) is 12.3 Å². The average Bonchev–Trinajstić information content (AvgIpc) is 2.56. The summed E-state index contributed by atoms with van der Waals surface area (Å²) >= 11 is 0. The molecule has 1 N–H and O–H groups in total. The molecule has 1 heterocycles. The molecule has 0 aromatic heterocycles. The lowest BCUT2D eigenvalue weighted by Gasteiger charge is -2.25. The van der Waals surface area contributed by atoms with Crippen LogP contribution in [0.5, 0.6) is 0 Å². The van der Waals surface area contributed by atoms with Gasteiger partial charge in [0.15, 0.2) is 0 Å². The molecule has 1 rings (SSSR count). The Hall–Kier alpha value is -0.610. The van der Waals surface area contributed by atoms with Crippen LogP contribution in [0.3, 0.4) is 0 Å². The van der Waals surface area contributed by atoms with E-state index in [9.17, 15) is 4.79 Å². The lowest BCUT2D eigenvalue weighted by Crippen LogP contribution is -2.37. The van der Waals surface area contributed by atoms with Gasteiger partial charge in [0.05, 0.1) is 12.5 Å². The van der Waals surface area contributed by atoms with Gasteiger partial charge in [0, 0.05) is 26.2 Å². The van der Waals surface area contributed by atoms with Crippen LogP contribution in [0.25, 0.3) is 0 Å². The van der Waals surface area contributed by atoms with Gasteiger partial charge in [-0.15, -0.1) is 0 Å². The second kappa shape index (κ2) is 5.47. The predicted octanol–water partition coefficient (Wildman–Crippen LogP) is 1.06. The molecule has 0 bridgehead atoms. The van der Waals surface area contributed by atoms with Crippen molar-refractivity contribution >= 4 is 5.97 Å². The van der Waals surface area contributed by atoms with Gasteiger partial charge >= 0.3 is 5.97 Å². The van der Waals surface area contributed by atoms with Gasteiger partial charge in [-0.2, -0.15) is 0 Å². The highest BCUT2D eigenvalue weighted by molar-refractivity contribution is 5.71. The van der Waals surface area contributed by atoms with Crippen LogP contribution >= 0.6 is 0 Å². The van der Waals surface area contributed by atoms with Crippen molar-refractivity contribution in [3.63, 3.8) is 0 Å². The third-order valence-corrected chi connectivity index (χ3v) is 3.30. The van der Waals surface area contributed by atoms with Gasteiger partial charge in [-0.1, -0.05) is 13.8 Å². The summed E-state index contributed by atoms with van der Waals surface area (Å²) in [5.74, 6) is -0.637. The average molecular weight is 215 g/mol. The fourth-order valence-corrected chi connectivity index (χ4v) is 2.30. The SMILES string of the molecule is CCC(COC)N1CC(C)C(C(=O)O)C1. The zero-order valence-corrected chi connectivity index (χ0v) is 9.77. The van der Waals surface area contributed by atoms with Crippen molar-refractivity contribution in [2.75, 3.05) is 26.8 Å². The van der Waals surface area contributed by atoms with Gasteiger partial charge in [0.25, 0.3) is 0 Å². The van der Waals surface area contributed by atoms with E-state index in [1.54, 1.807) is 7.11 Å². The summed E-state index contributed by atoms with van der Waals surface area (Å²) < 4.78 is 5.15. The first kappa shape index (κ1) is 12.5. The van der Waals surface area contributed by atoms with Gasteiger partial charge in [0.1, 0.15) is 0 Å². The van der Waals surface area contributed by atoms with Gasteiger partial charge in [-0.25, -0.2) is 0 Å². The van der Waals surface area contributed by atoms with Crippen molar-refractivity contribution in [2.24, 2.45) is 11.8 Å². The molecule has 1 saturated heterocycles. The highest BCUT2D eigenvalue weighted by Crippen LogP contribution is 2.25. The van der Waals surface area contributed by atoms with E-state index in [1.165, 1.54) is 0 Å². The van der Waals surface area contributed by atoms with Crippen molar-refractivity contribution in [3.8, 4) is 0 Å². The van der Waals surface area contributed by atoms with Gasteiger partial charge < -0.3 is 9.84 Å². The Kier molecular flexibility index (Phi) is 4.54. The molecular weight excluding hydrogens is 194 g/mol. The number of methoxy groups -OCH3 is 1. The largest absolute Gasteiger partial charge is 0.481 e. The molecule has 1 fully saturated rings. The Bertz CT molecular complexity index is 220. The lowest BCUT2D eigenvalue weighted by molar-refractivity contribution is -0.142. The highest BCUT2D eigenvalue weighted by Gasteiger charge is 2.37. The standard InChI is InChI=1S/C11H21NO3/c1-4-9(7-15-3)12-5-8(2)10(6-12)11(13)14/h8-10H,4-7H2,1-3H3,(H,13,14). The van der Waals surface area contributed by atoms with Crippen molar-refractivity contribution in [2.45, 2.75) is 26.3 Å². The number of likely N-dealkylation sites (tertiary alicyclic amines) is 1. The maximum Gasteiger partial charge on any atom is 0.308 e. The molecule has 3 atom stereocenters. The Labute approximate surface area is 91.2 Å². The third-order valence-electron chi connectivity index (χ3n) is 3.30. The summed E-state index contributed by atoms with van der Waals surface area (Å²) in [6, 6.07) is 0.363. The second-order valence-electron chi connectivity index (χ2n) is 4.39. The summed E-state index contributed by atoms with van der Waals surface area (Å²) in [6.45, 7) is 6.35. The Morgan fingerprint density at radius 2 is 2.27 bits per heavy atom. The van der Waals surface area contributed by atoms with Crippen LogP contribution in [0.1, 0.15) is 20.3 Å². The van der Waals surface area contributed by atoms with Crippen molar-refractivity contribution in [1.29, 1.82) is 0 Å². The highest BCUT2D eigenvalue weighted by atomic mass is 16.5. The zero-order valence-electron chi connectivity index (χ0n) is 9.77. The molecule has 4 heteroatoms. The number of hydrogen-bond donors (Lipinski definition) is 1. The molecule has 15 heavy (non-hydrogen) atoms. The van der Waals surface area contributed by atoms with E-state index in [0.717, 1.165) is 13.0 Å². The molecule has 3 unspecified atom stereocenters. The first-order valence-corrected chi connectivity index (χ1v) is 5.55. The molecule has 0 aliphatic carbocycles. The summed E-state index contributed by atoms with van der Waals surface area (Å²) in [6.07, 6.45) is 1.01. The number of aliphatic carboxylic acids is 1.